The number of aryl methyl sites for hydroxylation is 2. The summed E-state index contributed by atoms with van der Waals surface area (Å²) >= 11 is 0. The third kappa shape index (κ3) is 3.99. The van der Waals surface area contributed by atoms with Gasteiger partial charge in [0.1, 0.15) is 5.75 Å². The number of carbonyl (C=O) groups excluding carboxylic acids is 1. The van der Waals surface area contributed by atoms with Gasteiger partial charge in [-0.15, -0.1) is 0 Å². The van der Waals surface area contributed by atoms with E-state index in [2.05, 4.69) is 39.7 Å². The minimum atomic E-state index is -0.153. The highest BCUT2D eigenvalue weighted by atomic mass is 16.5. The van der Waals surface area contributed by atoms with E-state index >= 15 is 0 Å². The van der Waals surface area contributed by atoms with Gasteiger partial charge in [0.25, 0.3) is 5.91 Å². The molecule has 32 heavy (non-hydrogen) atoms. The summed E-state index contributed by atoms with van der Waals surface area (Å²) in [5, 5.41) is 7.39. The summed E-state index contributed by atoms with van der Waals surface area (Å²) < 4.78 is 7.36. The molecule has 2 aromatic heterocycles. The third-order valence-corrected chi connectivity index (χ3v) is 5.67. The number of aromatic nitrogens is 3. The number of hydrogen-bond acceptors (Lipinski definition) is 4. The predicted octanol–water partition coefficient (Wildman–Crippen LogP) is 4.42. The van der Waals surface area contributed by atoms with Gasteiger partial charge in [0.2, 0.25) is 0 Å². The highest BCUT2D eigenvalue weighted by Gasteiger charge is 2.13. The van der Waals surface area contributed by atoms with Crippen molar-refractivity contribution in [3.8, 4) is 22.7 Å². The Bertz CT molecular complexity index is 1270. The summed E-state index contributed by atoms with van der Waals surface area (Å²) in [5.74, 6) is 1.53. The van der Waals surface area contributed by atoms with E-state index in [1.54, 1.807) is 16.9 Å². The van der Waals surface area contributed by atoms with Gasteiger partial charge in [-0.05, 0) is 66.4 Å². The molecule has 1 N–H and O–H groups in total. The number of nitrogens with zero attached hydrogens (tertiary/aromatic N) is 3. The lowest BCUT2D eigenvalue weighted by atomic mass is 10.0. The van der Waals surface area contributed by atoms with E-state index in [1.807, 2.05) is 44.2 Å². The van der Waals surface area contributed by atoms with Crippen molar-refractivity contribution in [3.63, 3.8) is 0 Å². The van der Waals surface area contributed by atoms with E-state index in [9.17, 15) is 4.79 Å². The van der Waals surface area contributed by atoms with Crippen LogP contribution in [-0.2, 0) is 13.0 Å². The van der Waals surface area contributed by atoms with Gasteiger partial charge in [0.15, 0.2) is 5.82 Å². The number of hydrogen-bond donors (Lipinski definition) is 1. The molecule has 0 bridgehead atoms. The Morgan fingerprint density at radius 1 is 1.03 bits per heavy atom. The number of fused-ring (bicyclic) bond motifs is 1. The monoisotopic (exact) mass is 424 g/mol. The fourth-order valence-corrected chi connectivity index (χ4v) is 3.97. The summed E-state index contributed by atoms with van der Waals surface area (Å²) in [6, 6.07) is 20.2. The van der Waals surface area contributed by atoms with Crippen LogP contribution in [0.5, 0.6) is 5.75 Å². The molecule has 0 fully saturated rings. The minimum Gasteiger partial charge on any atom is -0.493 e. The average Bonchev–Trinajstić information content (AvgIpc) is 3.42. The van der Waals surface area contributed by atoms with E-state index in [0.29, 0.717) is 17.9 Å². The molecule has 5 rings (SSSR count). The number of rotatable bonds is 5. The Kier molecular flexibility index (Phi) is 5.19. The van der Waals surface area contributed by atoms with Crippen LogP contribution in [0.3, 0.4) is 0 Å². The number of ether oxygens (including phenoxy) is 1. The lowest BCUT2D eigenvalue weighted by Crippen LogP contribution is -2.23. The van der Waals surface area contributed by atoms with Crippen molar-refractivity contribution >= 4 is 5.91 Å². The van der Waals surface area contributed by atoms with Crippen molar-refractivity contribution in [2.24, 2.45) is 0 Å². The summed E-state index contributed by atoms with van der Waals surface area (Å²) in [5.41, 5.74) is 7.09. The first-order chi connectivity index (χ1) is 15.6. The molecule has 1 aliphatic heterocycles. The normalized spacial score (nSPS) is 12.3. The molecule has 0 radical (unpaired) electrons. The van der Waals surface area contributed by atoms with Crippen molar-refractivity contribution in [3.05, 3.63) is 94.9 Å². The average molecular weight is 425 g/mol. The Labute approximate surface area is 186 Å². The molecular weight excluding hydrogens is 400 g/mol. The maximum absolute atomic E-state index is 12.5. The minimum absolute atomic E-state index is 0.153. The molecule has 4 aromatic rings. The predicted molar refractivity (Wildman–Crippen MR) is 123 cm³/mol. The molecule has 0 saturated carbocycles. The molecule has 2 aromatic carbocycles. The standard InChI is InChI=1S/C26H24N4O2/c1-17-13-18(2)30(29-17)25-10-8-23(16-27-25)26(31)28-15-19-3-5-20(6-4-19)21-7-9-24-22(14-21)11-12-32-24/h3-10,13-14,16H,11-12,15H2,1-2H3,(H,28,31). The zero-order valence-electron chi connectivity index (χ0n) is 18.1. The van der Waals surface area contributed by atoms with Crippen molar-refractivity contribution in [2.45, 2.75) is 26.8 Å². The molecule has 1 aliphatic rings. The number of carbonyl (C=O) groups is 1. The van der Waals surface area contributed by atoms with E-state index in [0.717, 1.165) is 41.3 Å². The van der Waals surface area contributed by atoms with Crippen molar-refractivity contribution in [1.82, 2.24) is 20.1 Å². The molecule has 0 spiro atoms. The molecule has 3 heterocycles. The van der Waals surface area contributed by atoms with Crippen molar-refractivity contribution in [2.75, 3.05) is 6.61 Å². The van der Waals surface area contributed by atoms with Crippen LogP contribution in [0.15, 0.2) is 66.9 Å². The molecule has 6 nitrogen and oxygen atoms in total. The third-order valence-electron chi connectivity index (χ3n) is 5.67. The topological polar surface area (TPSA) is 69.0 Å². The lowest BCUT2D eigenvalue weighted by molar-refractivity contribution is 0.0950. The van der Waals surface area contributed by atoms with Crippen LogP contribution in [0.2, 0.25) is 0 Å². The van der Waals surface area contributed by atoms with Crippen LogP contribution in [0.4, 0.5) is 0 Å². The van der Waals surface area contributed by atoms with Gasteiger partial charge >= 0.3 is 0 Å². The van der Waals surface area contributed by atoms with Gasteiger partial charge in [0, 0.05) is 24.9 Å². The quantitative estimate of drug-likeness (QED) is 0.515. The van der Waals surface area contributed by atoms with Gasteiger partial charge in [-0.1, -0.05) is 30.3 Å². The van der Waals surface area contributed by atoms with Gasteiger partial charge in [-0.25, -0.2) is 9.67 Å². The fourth-order valence-electron chi connectivity index (χ4n) is 3.97. The first-order valence-corrected chi connectivity index (χ1v) is 10.7. The van der Waals surface area contributed by atoms with Crippen LogP contribution in [0.1, 0.15) is 32.9 Å². The summed E-state index contributed by atoms with van der Waals surface area (Å²) in [7, 11) is 0. The Balaban J connectivity index is 1.22. The van der Waals surface area contributed by atoms with Gasteiger partial charge in [-0.3, -0.25) is 4.79 Å². The van der Waals surface area contributed by atoms with Gasteiger partial charge in [-0.2, -0.15) is 5.10 Å². The SMILES string of the molecule is Cc1cc(C)n(-c2ccc(C(=O)NCc3ccc(-c4ccc5c(c4)CCO5)cc3)cn2)n1. The zero-order valence-corrected chi connectivity index (χ0v) is 18.1. The van der Waals surface area contributed by atoms with E-state index in [4.69, 9.17) is 4.74 Å². The van der Waals surface area contributed by atoms with Crippen LogP contribution < -0.4 is 10.1 Å². The maximum atomic E-state index is 12.5. The van der Waals surface area contributed by atoms with Crippen LogP contribution in [0.25, 0.3) is 16.9 Å². The second-order valence-electron chi connectivity index (χ2n) is 8.04. The number of amides is 1. The number of nitrogens with one attached hydrogen (secondary N) is 1. The van der Waals surface area contributed by atoms with Crippen LogP contribution >= 0.6 is 0 Å². The summed E-state index contributed by atoms with van der Waals surface area (Å²) in [4.78, 5) is 16.9. The summed E-state index contributed by atoms with van der Waals surface area (Å²) in [6.07, 6.45) is 2.55. The van der Waals surface area contributed by atoms with E-state index < -0.39 is 0 Å². The highest BCUT2D eigenvalue weighted by Crippen LogP contribution is 2.30. The van der Waals surface area contributed by atoms with Crippen molar-refractivity contribution in [1.29, 1.82) is 0 Å². The largest absolute Gasteiger partial charge is 0.493 e. The first kappa shape index (κ1) is 20.0. The van der Waals surface area contributed by atoms with Crippen LogP contribution in [0, 0.1) is 13.8 Å². The molecular formula is C26H24N4O2. The summed E-state index contributed by atoms with van der Waals surface area (Å²) in [6.45, 7) is 5.14. The molecule has 1 amide bonds. The Hall–Kier alpha value is -3.93. The second kappa shape index (κ2) is 8.30. The highest BCUT2D eigenvalue weighted by molar-refractivity contribution is 5.93. The smallest absolute Gasteiger partial charge is 0.253 e. The molecule has 0 saturated heterocycles. The van der Waals surface area contributed by atoms with Crippen molar-refractivity contribution < 1.29 is 9.53 Å². The van der Waals surface area contributed by atoms with Gasteiger partial charge < -0.3 is 10.1 Å². The molecule has 160 valence electrons. The molecule has 0 atom stereocenters. The van der Waals surface area contributed by atoms with E-state index in [1.165, 1.54) is 11.1 Å². The molecule has 0 unspecified atom stereocenters. The Morgan fingerprint density at radius 3 is 2.56 bits per heavy atom. The Morgan fingerprint density at radius 2 is 1.84 bits per heavy atom. The number of pyridine rings is 1. The van der Waals surface area contributed by atoms with Crippen LogP contribution in [-0.4, -0.2) is 27.3 Å². The second-order valence-corrected chi connectivity index (χ2v) is 8.04. The first-order valence-electron chi connectivity index (χ1n) is 10.7. The van der Waals surface area contributed by atoms with Gasteiger partial charge in [0.05, 0.1) is 17.9 Å². The maximum Gasteiger partial charge on any atom is 0.253 e. The van der Waals surface area contributed by atoms with E-state index in [-0.39, 0.29) is 5.91 Å². The fraction of sp³-hybridized carbons (Fsp3) is 0.192. The number of benzene rings is 2. The zero-order chi connectivity index (χ0) is 22.1. The molecule has 6 heteroatoms. The lowest BCUT2D eigenvalue weighted by Gasteiger charge is -2.08. The molecule has 0 aliphatic carbocycles.